The van der Waals surface area contributed by atoms with Crippen LogP contribution in [0.25, 0.3) is 0 Å². The lowest BCUT2D eigenvalue weighted by Gasteiger charge is -2.10. The van der Waals surface area contributed by atoms with Gasteiger partial charge in [0, 0.05) is 5.56 Å². The molecule has 13 heavy (non-hydrogen) atoms. The second-order valence-electron chi connectivity index (χ2n) is 3.23. The van der Waals surface area contributed by atoms with Crippen LogP contribution in [0.5, 0.6) is 0 Å². The molecule has 1 rings (SSSR count). The lowest BCUT2D eigenvalue weighted by molar-refractivity contribution is 0.318. The van der Waals surface area contributed by atoms with Crippen molar-refractivity contribution in [2.45, 2.75) is 19.8 Å². The molecule has 0 atom stereocenters. The SMILES string of the molecule is CC(C)c1ccccc1/C(N)=N/O. The third-order valence-corrected chi connectivity index (χ3v) is 1.97. The van der Waals surface area contributed by atoms with Crippen LogP contribution in [0.15, 0.2) is 29.4 Å². The van der Waals surface area contributed by atoms with Crippen molar-refractivity contribution in [3.63, 3.8) is 0 Å². The highest BCUT2D eigenvalue weighted by Gasteiger charge is 2.08. The summed E-state index contributed by atoms with van der Waals surface area (Å²) in [7, 11) is 0. The Morgan fingerprint density at radius 2 is 2.00 bits per heavy atom. The topological polar surface area (TPSA) is 58.6 Å². The Morgan fingerprint density at radius 1 is 1.38 bits per heavy atom. The van der Waals surface area contributed by atoms with Gasteiger partial charge >= 0.3 is 0 Å². The van der Waals surface area contributed by atoms with E-state index < -0.39 is 0 Å². The zero-order chi connectivity index (χ0) is 9.84. The molecule has 0 spiro atoms. The lowest BCUT2D eigenvalue weighted by atomic mass is 9.97. The number of oxime groups is 1. The third-order valence-electron chi connectivity index (χ3n) is 1.97. The molecule has 0 saturated carbocycles. The number of hydrogen-bond donors (Lipinski definition) is 2. The predicted molar refractivity (Wildman–Crippen MR) is 53.0 cm³/mol. The highest BCUT2D eigenvalue weighted by Crippen LogP contribution is 2.18. The number of benzene rings is 1. The normalized spacial score (nSPS) is 12.1. The average molecular weight is 178 g/mol. The summed E-state index contributed by atoms with van der Waals surface area (Å²) >= 11 is 0. The Bertz CT molecular complexity index is 318. The predicted octanol–water partition coefficient (Wildman–Crippen LogP) is 1.90. The molecule has 0 radical (unpaired) electrons. The van der Waals surface area contributed by atoms with Crippen LogP contribution >= 0.6 is 0 Å². The summed E-state index contributed by atoms with van der Waals surface area (Å²) in [6.07, 6.45) is 0. The highest BCUT2D eigenvalue weighted by molar-refractivity contribution is 5.98. The summed E-state index contributed by atoms with van der Waals surface area (Å²) in [6, 6.07) is 7.66. The fourth-order valence-electron chi connectivity index (χ4n) is 1.29. The smallest absolute Gasteiger partial charge is 0.170 e. The van der Waals surface area contributed by atoms with Crippen molar-refractivity contribution in [3.05, 3.63) is 35.4 Å². The number of nitrogens with two attached hydrogens (primary N) is 1. The average Bonchev–Trinajstić information content (AvgIpc) is 2.16. The molecule has 0 amide bonds. The molecule has 3 nitrogen and oxygen atoms in total. The first-order chi connectivity index (χ1) is 6.16. The van der Waals surface area contributed by atoms with Crippen LogP contribution in [0, 0.1) is 0 Å². The number of amidine groups is 1. The van der Waals surface area contributed by atoms with Crippen molar-refractivity contribution < 1.29 is 5.21 Å². The van der Waals surface area contributed by atoms with Crippen LogP contribution in [-0.2, 0) is 0 Å². The van der Waals surface area contributed by atoms with Crippen molar-refractivity contribution in [1.82, 2.24) is 0 Å². The summed E-state index contributed by atoms with van der Waals surface area (Å²) < 4.78 is 0. The molecule has 0 aliphatic heterocycles. The van der Waals surface area contributed by atoms with E-state index in [1.165, 1.54) is 0 Å². The van der Waals surface area contributed by atoms with E-state index in [0.717, 1.165) is 11.1 Å². The minimum Gasteiger partial charge on any atom is -0.409 e. The van der Waals surface area contributed by atoms with Crippen LogP contribution in [0.1, 0.15) is 30.9 Å². The minimum absolute atomic E-state index is 0.171. The molecular weight excluding hydrogens is 164 g/mol. The van der Waals surface area contributed by atoms with Gasteiger partial charge in [-0.1, -0.05) is 43.3 Å². The molecule has 0 bridgehead atoms. The number of rotatable bonds is 2. The van der Waals surface area contributed by atoms with Crippen LogP contribution in [0.3, 0.4) is 0 Å². The molecular formula is C10H14N2O. The van der Waals surface area contributed by atoms with Gasteiger partial charge in [0.15, 0.2) is 5.84 Å². The Hall–Kier alpha value is -1.51. The monoisotopic (exact) mass is 178 g/mol. The molecule has 70 valence electrons. The van der Waals surface area contributed by atoms with Crippen molar-refractivity contribution in [3.8, 4) is 0 Å². The summed E-state index contributed by atoms with van der Waals surface area (Å²) in [5.74, 6) is 0.542. The molecule has 0 saturated heterocycles. The molecule has 0 fully saturated rings. The molecule has 0 aromatic heterocycles. The van der Waals surface area contributed by atoms with Crippen LogP contribution in [-0.4, -0.2) is 11.0 Å². The van der Waals surface area contributed by atoms with Gasteiger partial charge in [-0.15, -0.1) is 0 Å². The fourth-order valence-corrected chi connectivity index (χ4v) is 1.29. The lowest BCUT2D eigenvalue weighted by Crippen LogP contribution is -2.15. The second-order valence-corrected chi connectivity index (χ2v) is 3.23. The van der Waals surface area contributed by atoms with E-state index in [0.29, 0.717) is 5.92 Å². The highest BCUT2D eigenvalue weighted by atomic mass is 16.4. The van der Waals surface area contributed by atoms with Gasteiger partial charge in [0.2, 0.25) is 0 Å². The Morgan fingerprint density at radius 3 is 2.54 bits per heavy atom. The first-order valence-corrected chi connectivity index (χ1v) is 4.23. The largest absolute Gasteiger partial charge is 0.409 e. The zero-order valence-corrected chi connectivity index (χ0v) is 7.86. The van der Waals surface area contributed by atoms with E-state index >= 15 is 0 Å². The molecule has 0 heterocycles. The van der Waals surface area contributed by atoms with Gasteiger partial charge in [-0.3, -0.25) is 0 Å². The van der Waals surface area contributed by atoms with E-state index in [1.54, 1.807) is 0 Å². The first kappa shape index (κ1) is 9.58. The van der Waals surface area contributed by atoms with Gasteiger partial charge in [0.25, 0.3) is 0 Å². The quantitative estimate of drug-likeness (QED) is 0.314. The molecule has 1 aromatic carbocycles. The van der Waals surface area contributed by atoms with Gasteiger partial charge in [-0.2, -0.15) is 0 Å². The molecule has 3 heteroatoms. The van der Waals surface area contributed by atoms with Gasteiger partial charge in [-0.05, 0) is 11.5 Å². The van der Waals surface area contributed by atoms with Crippen molar-refractivity contribution in [1.29, 1.82) is 0 Å². The fraction of sp³-hybridized carbons (Fsp3) is 0.300. The molecule has 0 unspecified atom stereocenters. The summed E-state index contributed by atoms with van der Waals surface area (Å²) in [6.45, 7) is 4.15. The van der Waals surface area contributed by atoms with Crippen molar-refractivity contribution in [2.24, 2.45) is 10.9 Å². The first-order valence-electron chi connectivity index (χ1n) is 4.23. The summed E-state index contributed by atoms with van der Waals surface area (Å²) in [5, 5.41) is 11.6. The van der Waals surface area contributed by atoms with Crippen LogP contribution in [0.2, 0.25) is 0 Å². The third kappa shape index (κ3) is 1.99. The van der Waals surface area contributed by atoms with E-state index in [4.69, 9.17) is 10.9 Å². The van der Waals surface area contributed by atoms with Gasteiger partial charge in [0.1, 0.15) is 0 Å². The number of hydrogen-bond acceptors (Lipinski definition) is 2. The molecule has 0 aliphatic rings. The maximum atomic E-state index is 8.56. The zero-order valence-electron chi connectivity index (χ0n) is 7.86. The van der Waals surface area contributed by atoms with Crippen molar-refractivity contribution >= 4 is 5.84 Å². The van der Waals surface area contributed by atoms with E-state index in [1.807, 2.05) is 24.3 Å². The minimum atomic E-state index is 0.171. The Kier molecular flexibility index (Phi) is 2.90. The second kappa shape index (κ2) is 3.94. The summed E-state index contributed by atoms with van der Waals surface area (Å²) in [4.78, 5) is 0. The van der Waals surface area contributed by atoms with Crippen LogP contribution < -0.4 is 5.73 Å². The Labute approximate surface area is 77.9 Å². The molecule has 3 N–H and O–H groups in total. The van der Waals surface area contributed by atoms with Gasteiger partial charge in [0.05, 0.1) is 0 Å². The Balaban J connectivity index is 3.20. The maximum absolute atomic E-state index is 8.56. The maximum Gasteiger partial charge on any atom is 0.170 e. The number of nitrogens with zero attached hydrogens (tertiary/aromatic N) is 1. The van der Waals surface area contributed by atoms with E-state index in [2.05, 4.69) is 19.0 Å². The van der Waals surface area contributed by atoms with E-state index in [9.17, 15) is 0 Å². The van der Waals surface area contributed by atoms with E-state index in [-0.39, 0.29) is 5.84 Å². The summed E-state index contributed by atoms with van der Waals surface area (Å²) in [5.41, 5.74) is 7.43. The van der Waals surface area contributed by atoms with Crippen molar-refractivity contribution in [2.75, 3.05) is 0 Å². The van der Waals surface area contributed by atoms with Gasteiger partial charge in [-0.25, -0.2) is 0 Å². The van der Waals surface area contributed by atoms with Gasteiger partial charge < -0.3 is 10.9 Å². The molecule has 1 aromatic rings. The molecule has 0 aliphatic carbocycles. The van der Waals surface area contributed by atoms with Crippen LogP contribution in [0.4, 0.5) is 0 Å². The standard InChI is InChI=1S/C10H14N2O/c1-7(2)8-5-3-4-6-9(8)10(11)12-13/h3-7,13H,1-2H3,(H2,11,12).